The van der Waals surface area contributed by atoms with Gasteiger partial charge in [0.2, 0.25) is 0 Å². The molecule has 2 rings (SSSR count). The van der Waals surface area contributed by atoms with E-state index in [-0.39, 0.29) is 0 Å². The number of hydrogen-bond donors (Lipinski definition) is 1. The van der Waals surface area contributed by atoms with Crippen molar-refractivity contribution in [2.45, 2.75) is 45.3 Å². The molecule has 0 saturated carbocycles. The third-order valence-corrected chi connectivity index (χ3v) is 5.69. The van der Waals surface area contributed by atoms with Crippen LogP contribution < -0.4 is 5.32 Å². The van der Waals surface area contributed by atoms with Crippen molar-refractivity contribution < 1.29 is 0 Å². The molecule has 118 valence electrons. The van der Waals surface area contributed by atoms with Crippen LogP contribution in [-0.4, -0.2) is 42.1 Å². The van der Waals surface area contributed by atoms with Gasteiger partial charge in [-0.25, -0.2) is 0 Å². The average molecular weight is 307 g/mol. The van der Waals surface area contributed by atoms with E-state index in [0.29, 0.717) is 18.1 Å². The van der Waals surface area contributed by atoms with Gasteiger partial charge < -0.3 is 5.32 Å². The summed E-state index contributed by atoms with van der Waals surface area (Å²) in [6, 6.07) is 12.7. The van der Waals surface area contributed by atoms with Crippen molar-refractivity contribution >= 4 is 11.8 Å². The summed E-state index contributed by atoms with van der Waals surface area (Å²) in [5.41, 5.74) is 1.44. The molecule has 4 unspecified atom stereocenters. The smallest absolute Gasteiger partial charge is 0.0476 e. The maximum absolute atomic E-state index is 3.80. The van der Waals surface area contributed by atoms with E-state index in [1.165, 1.54) is 17.7 Å². The molecule has 21 heavy (non-hydrogen) atoms. The minimum absolute atomic E-state index is 0.508. The van der Waals surface area contributed by atoms with Gasteiger partial charge in [-0.05, 0) is 24.7 Å². The fourth-order valence-corrected chi connectivity index (χ4v) is 3.95. The molecule has 2 nitrogen and oxygen atoms in total. The molecular formula is C18H30N2S. The second-order valence-corrected chi connectivity index (χ2v) is 7.24. The van der Waals surface area contributed by atoms with Gasteiger partial charge in [-0.1, -0.05) is 50.6 Å². The first-order valence-electron chi connectivity index (χ1n) is 8.20. The zero-order chi connectivity index (χ0) is 15.2. The second-order valence-electron chi connectivity index (χ2n) is 6.33. The highest BCUT2D eigenvalue weighted by Gasteiger charge is 2.33. The number of benzene rings is 1. The van der Waals surface area contributed by atoms with Crippen molar-refractivity contribution in [3.05, 3.63) is 35.9 Å². The monoisotopic (exact) mass is 306 g/mol. The first-order valence-corrected chi connectivity index (χ1v) is 9.59. The maximum Gasteiger partial charge on any atom is 0.0476 e. The first kappa shape index (κ1) is 16.9. The lowest BCUT2D eigenvalue weighted by atomic mass is 9.92. The molecule has 0 bridgehead atoms. The van der Waals surface area contributed by atoms with Crippen LogP contribution in [0.3, 0.4) is 0 Å². The molecule has 0 spiro atoms. The van der Waals surface area contributed by atoms with E-state index in [1.807, 2.05) is 11.8 Å². The molecule has 0 radical (unpaired) electrons. The molecule has 1 N–H and O–H groups in total. The van der Waals surface area contributed by atoms with Gasteiger partial charge in [0.1, 0.15) is 0 Å². The van der Waals surface area contributed by atoms with E-state index < -0.39 is 0 Å². The van der Waals surface area contributed by atoms with E-state index in [1.54, 1.807) is 0 Å². The largest absolute Gasteiger partial charge is 0.311 e. The summed E-state index contributed by atoms with van der Waals surface area (Å²) in [5, 5.41) is 3.80. The van der Waals surface area contributed by atoms with Gasteiger partial charge in [-0.3, -0.25) is 4.90 Å². The van der Waals surface area contributed by atoms with Gasteiger partial charge in [0.25, 0.3) is 0 Å². The maximum atomic E-state index is 3.80. The molecular weight excluding hydrogens is 276 g/mol. The fraction of sp³-hybridized carbons (Fsp3) is 0.667. The molecule has 1 aliphatic heterocycles. The van der Waals surface area contributed by atoms with E-state index >= 15 is 0 Å². The zero-order valence-corrected chi connectivity index (χ0v) is 14.7. The lowest BCUT2D eigenvalue weighted by Crippen LogP contribution is -2.57. The van der Waals surface area contributed by atoms with E-state index in [4.69, 9.17) is 0 Å². The van der Waals surface area contributed by atoms with Crippen LogP contribution in [-0.2, 0) is 0 Å². The van der Waals surface area contributed by atoms with Crippen LogP contribution in [0.5, 0.6) is 0 Å². The van der Waals surface area contributed by atoms with E-state index in [2.05, 4.69) is 67.6 Å². The highest BCUT2D eigenvalue weighted by Crippen LogP contribution is 2.28. The van der Waals surface area contributed by atoms with Gasteiger partial charge in [0, 0.05) is 37.0 Å². The summed E-state index contributed by atoms with van der Waals surface area (Å²) in [5.74, 6) is 1.95. The summed E-state index contributed by atoms with van der Waals surface area (Å²) in [6.07, 6.45) is 3.46. The lowest BCUT2D eigenvalue weighted by Gasteiger charge is -2.45. The Morgan fingerprint density at radius 2 is 2.00 bits per heavy atom. The predicted octanol–water partition coefficient (Wildman–Crippen LogP) is 3.80. The zero-order valence-electron chi connectivity index (χ0n) is 13.9. The lowest BCUT2D eigenvalue weighted by molar-refractivity contribution is 0.0815. The van der Waals surface area contributed by atoms with Gasteiger partial charge in [-0.15, -0.1) is 0 Å². The van der Waals surface area contributed by atoms with E-state index in [0.717, 1.165) is 19.0 Å². The van der Waals surface area contributed by atoms with Gasteiger partial charge in [0.05, 0.1) is 0 Å². The Labute approximate surface area is 134 Å². The summed E-state index contributed by atoms with van der Waals surface area (Å²) in [6.45, 7) is 9.28. The van der Waals surface area contributed by atoms with Gasteiger partial charge >= 0.3 is 0 Å². The quantitative estimate of drug-likeness (QED) is 0.860. The number of nitrogens with one attached hydrogen (secondary N) is 1. The standard InChI is InChI=1S/C18H30N2S/c1-5-14(2)17-12-20(15(3)13-21-4)18(11-19-17)16-9-7-6-8-10-16/h6-10,14-15,17-19H,5,11-13H2,1-4H3. The second kappa shape index (κ2) is 8.21. The third-order valence-electron chi connectivity index (χ3n) is 4.87. The number of piperazine rings is 1. The fourth-order valence-electron chi connectivity index (χ4n) is 3.27. The molecule has 1 aromatic rings. The van der Waals surface area contributed by atoms with Crippen LogP contribution >= 0.6 is 11.8 Å². The van der Waals surface area contributed by atoms with E-state index in [9.17, 15) is 0 Å². The molecule has 1 heterocycles. The SMILES string of the molecule is CCC(C)C1CN(C(C)CSC)C(c2ccccc2)CN1. The summed E-state index contributed by atoms with van der Waals surface area (Å²) < 4.78 is 0. The summed E-state index contributed by atoms with van der Waals surface area (Å²) in [7, 11) is 0. The number of hydrogen-bond acceptors (Lipinski definition) is 3. The Morgan fingerprint density at radius 3 is 2.62 bits per heavy atom. The topological polar surface area (TPSA) is 15.3 Å². The van der Waals surface area contributed by atoms with Crippen LogP contribution in [0.15, 0.2) is 30.3 Å². The molecule has 3 heteroatoms. The summed E-state index contributed by atoms with van der Waals surface area (Å²) in [4.78, 5) is 2.72. The van der Waals surface area contributed by atoms with Crippen molar-refractivity contribution in [2.24, 2.45) is 5.92 Å². The van der Waals surface area contributed by atoms with Crippen molar-refractivity contribution in [3.63, 3.8) is 0 Å². The minimum atomic E-state index is 0.508. The van der Waals surface area contributed by atoms with Crippen molar-refractivity contribution in [1.82, 2.24) is 10.2 Å². The number of rotatable bonds is 6. The van der Waals surface area contributed by atoms with Crippen molar-refractivity contribution in [3.8, 4) is 0 Å². The normalized spacial score (nSPS) is 26.5. The molecule has 0 amide bonds. The number of nitrogens with zero attached hydrogens (tertiary/aromatic N) is 1. The summed E-state index contributed by atoms with van der Waals surface area (Å²) >= 11 is 1.95. The molecule has 1 aromatic carbocycles. The van der Waals surface area contributed by atoms with Crippen LogP contribution in [0, 0.1) is 5.92 Å². The molecule has 4 atom stereocenters. The Hall–Kier alpha value is -0.510. The van der Waals surface area contributed by atoms with Crippen LogP contribution in [0.25, 0.3) is 0 Å². The predicted molar refractivity (Wildman–Crippen MR) is 95.0 cm³/mol. The molecule has 1 saturated heterocycles. The average Bonchev–Trinajstić information content (AvgIpc) is 2.54. The van der Waals surface area contributed by atoms with Gasteiger partial charge in [-0.2, -0.15) is 11.8 Å². The molecule has 0 aliphatic carbocycles. The van der Waals surface area contributed by atoms with Crippen molar-refractivity contribution in [1.29, 1.82) is 0 Å². The molecule has 1 fully saturated rings. The third kappa shape index (κ3) is 4.24. The highest BCUT2D eigenvalue weighted by atomic mass is 32.2. The van der Waals surface area contributed by atoms with Gasteiger partial charge in [0.15, 0.2) is 0 Å². The highest BCUT2D eigenvalue weighted by molar-refractivity contribution is 7.98. The minimum Gasteiger partial charge on any atom is -0.311 e. The Balaban J connectivity index is 2.16. The first-order chi connectivity index (χ1) is 10.2. The van der Waals surface area contributed by atoms with Crippen LogP contribution in [0.1, 0.15) is 38.8 Å². The Kier molecular flexibility index (Phi) is 6.59. The van der Waals surface area contributed by atoms with Crippen LogP contribution in [0.2, 0.25) is 0 Å². The molecule has 0 aromatic heterocycles. The number of thioether (sulfide) groups is 1. The van der Waals surface area contributed by atoms with Crippen molar-refractivity contribution in [2.75, 3.05) is 25.1 Å². The Bertz CT molecular complexity index is 409. The Morgan fingerprint density at radius 1 is 1.29 bits per heavy atom. The van der Waals surface area contributed by atoms with Crippen LogP contribution in [0.4, 0.5) is 0 Å². The molecule has 1 aliphatic rings.